The molecule has 3 heterocycles. The second kappa shape index (κ2) is 8.62. The van der Waals surface area contributed by atoms with Crippen molar-refractivity contribution < 1.29 is 9.53 Å². The number of nitrogens with two attached hydrogens (primary N) is 1. The molecule has 9 heteroatoms. The lowest BCUT2D eigenvalue weighted by Gasteiger charge is -2.23. The molecule has 1 saturated heterocycles. The van der Waals surface area contributed by atoms with E-state index in [1.165, 1.54) is 0 Å². The van der Waals surface area contributed by atoms with Crippen molar-refractivity contribution >= 4 is 44.8 Å². The van der Waals surface area contributed by atoms with Gasteiger partial charge >= 0.3 is 0 Å². The van der Waals surface area contributed by atoms with Crippen LogP contribution in [0.2, 0.25) is 5.02 Å². The quantitative estimate of drug-likeness (QED) is 0.362. The van der Waals surface area contributed by atoms with Gasteiger partial charge in [-0.05, 0) is 67.6 Å². The van der Waals surface area contributed by atoms with Crippen molar-refractivity contribution in [3.05, 3.63) is 88.1 Å². The van der Waals surface area contributed by atoms with E-state index < -0.39 is 12.3 Å². The van der Waals surface area contributed by atoms with E-state index in [4.69, 9.17) is 27.2 Å². The normalized spacial score (nSPS) is 18.2. The van der Waals surface area contributed by atoms with Gasteiger partial charge in [-0.2, -0.15) is 5.10 Å². The van der Waals surface area contributed by atoms with Crippen molar-refractivity contribution in [1.29, 1.82) is 0 Å². The first-order valence-corrected chi connectivity index (χ1v) is 11.4. The third-order valence-corrected chi connectivity index (χ3v) is 6.15. The predicted octanol–water partition coefficient (Wildman–Crippen LogP) is 5.38. The highest BCUT2D eigenvalue weighted by molar-refractivity contribution is 9.10. The lowest BCUT2D eigenvalue weighted by atomic mass is 10.1. The van der Waals surface area contributed by atoms with Crippen LogP contribution in [0.25, 0.3) is 17.1 Å². The van der Waals surface area contributed by atoms with E-state index in [-0.39, 0.29) is 5.91 Å². The number of carbonyl (C=O) groups is 1. The number of benzene rings is 2. The Labute approximate surface area is 203 Å². The first kappa shape index (κ1) is 21.6. The highest BCUT2D eigenvalue weighted by Gasteiger charge is 2.42. The molecular formula is C24H19BrClN5O2. The maximum atomic E-state index is 13.1. The van der Waals surface area contributed by atoms with Crippen LogP contribution in [0, 0.1) is 0 Å². The number of amides is 1. The van der Waals surface area contributed by atoms with Crippen molar-refractivity contribution in [1.82, 2.24) is 14.8 Å². The maximum absolute atomic E-state index is 13.1. The molecule has 5 rings (SSSR count). The van der Waals surface area contributed by atoms with Crippen molar-refractivity contribution in [3.8, 4) is 17.1 Å². The van der Waals surface area contributed by atoms with Gasteiger partial charge in [0.05, 0.1) is 16.4 Å². The largest absolute Gasteiger partial charge is 0.399 e. The Morgan fingerprint density at radius 1 is 1.03 bits per heavy atom. The summed E-state index contributed by atoms with van der Waals surface area (Å²) >= 11 is 9.52. The van der Waals surface area contributed by atoms with Gasteiger partial charge in [0.2, 0.25) is 0 Å². The van der Waals surface area contributed by atoms with Crippen LogP contribution in [0.1, 0.15) is 18.7 Å². The number of ether oxygens (including phenoxy) is 1. The van der Waals surface area contributed by atoms with Crippen LogP contribution in [0.5, 0.6) is 0 Å². The summed E-state index contributed by atoms with van der Waals surface area (Å²) in [5.41, 5.74) is 9.95. The SMILES string of the molecule is C[C@H]1O[C@H](c2cn(-c3ccc(Br)cc3)nc2-c2ccc(Cl)cn2)N(c2ccc(N)cc2)C1=O. The van der Waals surface area contributed by atoms with E-state index >= 15 is 0 Å². The Kier molecular flexibility index (Phi) is 5.65. The number of anilines is 2. The second-order valence-corrected chi connectivity index (χ2v) is 9.00. The first-order chi connectivity index (χ1) is 15.9. The third-order valence-electron chi connectivity index (χ3n) is 5.39. The highest BCUT2D eigenvalue weighted by atomic mass is 79.9. The third kappa shape index (κ3) is 4.13. The molecule has 0 radical (unpaired) electrons. The number of halogens is 2. The number of aromatic nitrogens is 3. The monoisotopic (exact) mass is 523 g/mol. The molecule has 1 amide bonds. The van der Waals surface area contributed by atoms with Gasteiger partial charge in [-0.1, -0.05) is 27.5 Å². The van der Waals surface area contributed by atoms with E-state index in [0.29, 0.717) is 33.3 Å². The fourth-order valence-electron chi connectivity index (χ4n) is 3.74. The Hall–Kier alpha value is -3.20. The molecule has 2 aromatic heterocycles. The zero-order valence-corrected chi connectivity index (χ0v) is 19.9. The maximum Gasteiger partial charge on any atom is 0.258 e. The molecule has 1 aliphatic rings. The molecule has 0 bridgehead atoms. The van der Waals surface area contributed by atoms with Gasteiger partial charge in [0.25, 0.3) is 5.91 Å². The summed E-state index contributed by atoms with van der Waals surface area (Å²) in [5.74, 6) is -0.142. The van der Waals surface area contributed by atoms with E-state index in [2.05, 4.69) is 20.9 Å². The summed E-state index contributed by atoms with van der Waals surface area (Å²) in [4.78, 5) is 19.2. The minimum atomic E-state index is -0.687. The van der Waals surface area contributed by atoms with Gasteiger partial charge in [0, 0.05) is 33.8 Å². The fraction of sp³-hybridized carbons (Fsp3) is 0.125. The van der Waals surface area contributed by atoms with Crippen LogP contribution in [-0.4, -0.2) is 26.8 Å². The molecule has 1 aliphatic heterocycles. The summed E-state index contributed by atoms with van der Waals surface area (Å²) in [5, 5.41) is 5.33. The average molecular weight is 525 g/mol. The standard InChI is InChI=1S/C24H19BrClN5O2/c1-14-23(32)31(19-9-5-17(27)6-10-19)24(33-14)20-13-30(18-7-2-15(25)3-8-18)29-22(20)21-11-4-16(26)12-28-21/h2-14,24H,27H2,1H3/t14-,24-/m1/s1. The molecule has 1 fully saturated rings. The van der Waals surface area contributed by atoms with Gasteiger partial charge in [0.1, 0.15) is 11.8 Å². The minimum Gasteiger partial charge on any atom is -0.399 e. The highest BCUT2D eigenvalue weighted by Crippen LogP contribution is 2.40. The number of rotatable bonds is 4. The van der Waals surface area contributed by atoms with E-state index in [1.807, 2.05) is 30.5 Å². The topological polar surface area (TPSA) is 86.3 Å². The van der Waals surface area contributed by atoms with Gasteiger partial charge in [-0.15, -0.1) is 0 Å². The molecule has 0 unspecified atom stereocenters. The van der Waals surface area contributed by atoms with Crippen LogP contribution in [0.15, 0.2) is 77.5 Å². The molecule has 0 saturated carbocycles. The van der Waals surface area contributed by atoms with Crippen LogP contribution < -0.4 is 10.6 Å². The van der Waals surface area contributed by atoms with E-state index in [9.17, 15) is 4.79 Å². The molecule has 2 atom stereocenters. The molecule has 33 heavy (non-hydrogen) atoms. The summed E-state index contributed by atoms with van der Waals surface area (Å²) in [6.07, 6.45) is 2.14. The van der Waals surface area contributed by atoms with Crippen LogP contribution in [0.4, 0.5) is 11.4 Å². The number of carbonyl (C=O) groups excluding carboxylic acids is 1. The average Bonchev–Trinajstić information content (AvgIpc) is 3.37. The smallest absolute Gasteiger partial charge is 0.258 e. The van der Waals surface area contributed by atoms with Crippen molar-refractivity contribution in [2.75, 3.05) is 10.6 Å². The summed E-state index contributed by atoms with van der Waals surface area (Å²) in [6, 6.07) is 18.5. The van der Waals surface area contributed by atoms with E-state index in [0.717, 1.165) is 10.2 Å². The number of nitrogens with zero attached hydrogens (tertiary/aromatic N) is 4. The molecular weight excluding hydrogens is 506 g/mol. The summed E-state index contributed by atoms with van der Waals surface area (Å²) < 4.78 is 8.86. The molecule has 4 aromatic rings. The molecule has 2 aromatic carbocycles. The molecule has 7 nitrogen and oxygen atoms in total. The second-order valence-electron chi connectivity index (χ2n) is 7.65. The van der Waals surface area contributed by atoms with Crippen molar-refractivity contribution in [2.24, 2.45) is 0 Å². The fourth-order valence-corrected chi connectivity index (χ4v) is 4.12. The van der Waals surface area contributed by atoms with Gasteiger partial charge in [-0.25, -0.2) is 4.68 Å². The van der Waals surface area contributed by atoms with Crippen LogP contribution >= 0.6 is 27.5 Å². The Balaban J connectivity index is 1.66. The van der Waals surface area contributed by atoms with Crippen molar-refractivity contribution in [2.45, 2.75) is 19.3 Å². The van der Waals surface area contributed by atoms with Crippen molar-refractivity contribution in [3.63, 3.8) is 0 Å². The van der Waals surface area contributed by atoms with Crippen LogP contribution in [-0.2, 0) is 9.53 Å². The first-order valence-electron chi connectivity index (χ1n) is 10.2. The Morgan fingerprint density at radius 2 is 1.73 bits per heavy atom. The zero-order valence-electron chi connectivity index (χ0n) is 17.5. The Bertz CT molecular complexity index is 1310. The number of hydrogen-bond acceptors (Lipinski definition) is 5. The predicted molar refractivity (Wildman–Crippen MR) is 131 cm³/mol. The number of hydrogen-bond donors (Lipinski definition) is 1. The van der Waals surface area contributed by atoms with E-state index in [1.54, 1.807) is 59.1 Å². The van der Waals surface area contributed by atoms with Gasteiger partial charge in [-0.3, -0.25) is 14.7 Å². The molecule has 2 N–H and O–H groups in total. The lowest BCUT2D eigenvalue weighted by molar-refractivity contribution is -0.121. The molecule has 0 aliphatic carbocycles. The van der Waals surface area contributed by atoms with Gasteiger partial charge < -0.3 is 10.5 Å². The van der Waals surface area contributed by atoms with Crippen LogP contribution in [0.3, 0.4) is 0 Å². The van der Waals surface area contributed by atoms with Gasteiger partial charge in [0.15, 0.2) is 6.23 Å². The number of pyridine rings is 1. The minimum absolute atomic E-state index is 0.142. The summed E-state index contributed by atoms with van der Waals surface area (Å²) in [6.45, 7) is 1.74. The lowest BCUT2D eigenvalue weighted by Crippen LogP contribution is -2.30. The summed E-state index contributed by atoms with van der Waals surface area (Å²) in [7, 11) is 0. The molecule has 0 spiro atoms. The zero-order chi connectivity index (χ0) is 23.1. The molecule has 166 valence electrons. The Morgan fingerprint density at radius 3 is 2.39 bits per heavy atom. The number of nitrogen functional groups attached to an aromatic ring is 1.